The first kappa shape index (κ1) is 12.8. The van der Waals surface area contributed by atoms with E-state index in [1.807, 2.05) is 20.8 Å². The Hall–Kier alpha value is -1.62. The molecule has 0 bridgehead atoms. The monoisotopic (exact) mass is 267 g/mol. The summed E-state index contributed by atoms with van der Waals surface area (Å²) in [6, 6.07) is 1.71. The summed E-state index contributed by atoms with van der Waals surface area (Å²) >= 11 is 5.92. The normalized spacial score (nSPS) is 11.8. The van der Waals surface area contributed by atoms with Crippen molar-refractivity contribution in [3.05, 3.63) is 23.7 Å². The van der Waals surface area contributed by atoms with Crippen molar-refractivity contribution in [1.82, 2.24) is 14.7 Å². The molecule has 0 aromatic carbocycles. The van der Waals surface area contributed by atoms with Crippen LogP contribution in [0, 0.1) is 5.41 Å². The van der Waals surface area contributed by atoms with Gasteiger partial charge in [0.05, 0.1) is 10.8 Å². The smallest absolute Gasteiger partial charge is 0.334 e. The number of halogens is 1. The first-order chi connectivity index (χ1) is 8.45. The zero-order valence-electron chi connectivity index (χ0n) is 10.5. The number of nitrogens with zero attached hydrogens (tertiary/aromatic N) is 3. The van der Waals surface area contributed by atoms with Crippen LogP contribution in [0.5, 0.6) is 0 Å². The van der Waals surface area contributed by atoms with Crippen LogP contribution in [0.1, 0.15) is 27.2 Å². The summed E-state index contributed by atoms with van der Waals surface area (Å²) in [6.07, 6.45) is 3.63. The molecule has 2 aromatic heterocycles. The second-order valence-electron chi connectivity index (χ2n) is 4.66. The molecule has 2 heterocycles. The van der Waals surface area contributed by atoms with Gasteiger partial charge in [0.15, 0.2) is 5.65 Å². The molecule has 18 heavy (non-hydrogen) atoms. The van der Waals surface area contributed by atoms with Crippen LogP contribution in [-0.4, -0.2) is 20.7 Å². The van der Waals surface area contributed by atoms with Crippen LogP contribution in [0.25, 0.3) is 11.0 Å². The van der Waals surface area contributed by atoms with Crippen molar-refractivity contribution in [3.8, 4) is 0 Å². The molecular formula is C12H14ClN3O2. The highest BCUT2D eigenvalue weighted by Gasteiger charge is 2.28. The molecule has 0 spiro atoms. The number of carbonyl (C=O) groups is 1. The lowest BCUT2D eigenvalue weighted by molar-refractivity contribution is -0.154. The third kappa shape index (κ3) is 2.18. The minimum Gasteiger partial charge on any atom is -0.334 e. The van der Waals surface area contributed by atoms with Gasteiger partial charge in [-0.2, -0.15) is 4.73 Å². The molecule has 0 aliphatic carbocycles. The maximum Gasteiger partial charge on any atom is 0.338 e. The molecule has 2 aromatic rings. The average Bonchev–Trinajstić information content (AvgIpc) is 2.74. The molecular weight excluding hydrogens is 254 g/mol. The molecule has 0 N–H and O–H groups in total. The quantitative estimate of drug-likeness (QED) is 0.802. The summed E-state index contributed by atoms with van der Waals surface area (Å²) in [4.78, 5) is 25.2. The van der Waals surface area contributed by atoms with Gasteiger partial charge in [-0.15, -0.1) is 0 Å². The molecule has 0 aliphatic rings. The summed E-state index contributed by atoms with van der Waals surface area (Å²) in [7, 11) is 0. The second kappa shape index (κ2) is 4.57. The Morgan fingerprint density at radius 1 is 1.50 bits per heavy atom. The van der Waals surface area contributed by atoms with Crippen molar-refractivity contribution < 1.29 is 9.63 Å². The van der Waals surface area contributed by atoms with E-state index in [4.69, 9.17) is 16.4 Å². The fourth-order valence-corrected chi connectivity index (χ4v) is 1.52. The number of rotatable bonds is 3. The van der Waals surface area contributed by atoms with Crippen molar-refractivity contribution in [2.75, 3.05) is 0 Å². The van der Waals surface area contributed by atoms with Crippen LogP contribution in [0.4, 0.5) is 0 Å². The molecule has 5 nitrogen and oxygen atoms in total. The zero-order chi connectivity index (χ0) is 13.3. The van der Waals surface area contributed by atoms with E-state index in [1.54, 1.807) is 12.3 Å². The highest BCUT2D eigenvalue weighted by molar-refractivity contribution is 6.33. The first-order valence-electron chi connectivity index (χ1n) is 5.66. The highest BCUT2D eigenvalue weighted by Crippen LogP contribution is 2.22. The lowest BCUT2D eigenvalue weighted by atomic mass is 9.91. The zero-order valence-corrected chi connectivity index (χ0v) is 11.2. The van der Waals surface area contributed by atoms with E-state index in [0.717, 1.165) is 0 Å². The number of hydrogen-bond acceptors (Lipinski definition) is 4. The molecule has 0 fully saturated rings. The van der Waals surface area contributed by atoms with Crippen LogP contribution in [-0.2, 0) is 4.79 Å². The second-order valence-corrected chi connectivity index (χ2v) is 5.02. The number of fused-ring (bicyclic) bond motifs is 1. The van der Waals surface area contributed by atoms with Crippen LogP contribution in [0.2, 0.25) is 5.15 Å². The lowest BCUT2D eigenvalue weighted by Gasteiger charge is -2.19. The molecule has 0 atom stereocenters. The van der Waals surface area contributed by atoms with E-state index in [1.165, 1.54) is 11.1 Å². The minimum absolute atomic E-state index is 0.308. The maximum atomic E-state index is 12.0. The fourth-order valence-electron chi connectivity index (χ4n) is 1.33. The van der Waals surface area contributed by atoms with Crippen LogP contribution < -0.4 is 4.84 Å². The van der Waals surface area contributed by atoms with Gasteiger partial charge in [0.25, 0.3) is 0 Å². The summed E-state index contributed by atoms with van der Waals surface area (Å²) in [5.74, 6) is -0.308. The molecule has 0 radical (unpaired) electrons. The van der Waals surface area contributed by atoms with E-state index in [2.05, 4.69) is 9.97 Å². The van der Waals surface area contributed by atoms with Crippen LogP contribution >= 0.6 is 11.6 Å². The van der Waals surface area contributed by atoms with Crippen molar-refractivity contribution in [2.45, 2.75) is 27.2 Å². The Morgan fingerprint density at radius 2 is 2.22 bits per heavy atom. The van der Waals surface area contributed by atoms with Gasteiger partial charge in [-0.25, -0.2) is 14.8 Å². The molecule has 0 amide bonds. The molecule has 0 saturated carbocycles. The predicted octanol–water partition coefficient (Wildman–Crippen LogP) is 2.48. The standard InChI is InChI=1S/C12H14ClN3O2/c1-4-12(2,3)11(17)18-16-6-5-8-9(13)14-7-15-10(8)16/h5-7H,4H2,1-3H3. The molecule has 0 unspecified atom stereocenters. The predicted molar refractivity (Wildman–Crippen MR) is 68.2 cm³/mol. The molecule has 2 rings (SSSR count). The molecule has 96 valence electrons. The van der Waals surface area contributed by atoms with E-state index in [-0.39, 0.29) is 5.97 Å². The van der Waals surface area contributed by atoms with Gasteiger partial charge in [-0.05, 0) is 26.3 Å². The van der Waals surface area contributed by atoms with Gasteiger partial charge in [-0.1, -0.05) is 18.5 Å². The Kier molecular flexibility index (Phi) is 3.26. The van der Waals surface area contributed by atoms with Crippen LogP contribution in [0.3, 0.4) is 0 Å². The summed E-state index contributed by atoms with van der Waals surface area (Å²) in [5, 5.41) is 0.992. The lowest BCUT2D eigenvalue weighted by Crippen LogP contribution is -2.32. The molecule has 0 aliphatic heterocycles. The Labute approximate surface area is 110 Å². The summed E-state index contributed by atoms with van der Waals surface area (Å²) < 4.78 is 1.32. The Balaban J connectivity index is 2.34. The van der Waals surface area contributed by atoms with Crippen molar-refractivity contribution in [2.24, 2.45) is 5.41 Å². The van der Waals surface area contributed by atoms with Crippen molar-refractivity contribution in [1.29, 1.82) is 0 Å². The topological polar surface area (TPSA) is 57.0 Å². The summed E-state index contributed by atoms with van der Waals surface area (Å²) in [5.41, 5.74) is -0.0526. The van der Waals surface area contributed by atoms with Gasteiger partial charge in [0.1, 0.15) is 11.5 Å². The largest absolute Gasteiger partial charge is 0.338 e. The Bertz CT molecular complexity index is 592. The van der Waals surface area contributed by atoms with Gasteiger partial charge in [-0.3, -0.25) is 0 Å². The minimum atomic E-state index is -0.534. The van der Waals surface area contributed by atoms with Crippen molar-refractivity contribution >= 4 is 28.6 Å². The van der Waals surface area contributed by atoms with E-state index in [9.17, 15) is 4.79 Å². The van der Waals surface area contributed by atoms with Gasteiger partial charge < -0.3 is 4.84 Å². The maximum absolute atomic E-state index is 12.0. The summed E-state index contributed by atoms with van der Waals surface area (Å²) in [6.45, 7) is 5.61. The third-order valence-electron chi connectivity index (χ3n) is 3.02. The Morgan fingerprint density at radius 3 is 2.89 bits per heavy atom. The van der Waals surface area contributed by atoms with Crippen molar-refractivity contribution in [3.63, 3.8) is 0 Å². The SMILES string of the molecule is CCC(C)(C)C(=O)On1ccc2c(Cl)ncnc21. The molecule has 6 heteroatoms. The number of hydrogen-bond donors (Lipinski definition) is 0. The van der Waals surface area contributed by atoms with Gasteiger partial charge >= 0.3 is 5.97 Å². The van der Waals surface area contributed by atoms with Gasteiger partial charge in [0, 0.05) is 6.20 Å². The number of carbonyl (C=O) groups excluding carboxylic acids is 1. The van der Waals surface area contributed by atoms with E-state index >= 15 is 0 Å². The highest BCUT2D eigenvalue weighted by atomic mass is 35.5. The first-order valence-corrected chi connectivity index (χ1v) is 6.04. The van der Waals surface area contributed by atoms with Gasteiger partial charge in [0.2, 0.25) is 0 Å². The van der Waals surface area contributed by atoms with E-state index < -0.39 is 5.41 Å². The van der Waals surface area contributed by atoms with E-state index in [0.29, 0.717) is 22.6 Å². The third-order valence-corrected chi connectivity index (χ3v) is 3.32. The number of aromatic nitrogens is 3. The van der Waals surface area contributed by atoms with Crippen LogP contribution in [0.15, 0.2) is 18.6 Å². The molecule has 0 saturated heterocycles. The fraction of sp³-hybridized carbons (Fsp3) is 0.417. The average molecular weight is 268 g/mol.